The Bertz CT molecular complexity index is 965. The fourth-order valence-electron chi connectivity index (χ4n) is 4.14. The minimum Gasteiger partial charge on any atom is -0.352 e. The van der Waals surface area contributed by atoms with Crippen LogP contribution in [-0.2, 0) is 13.0 Å². The number of halogens is 1. The molecule has 0 aliphatic carbocycles. The monoisotopic (exact) mass is 453 g/mol. The number of imidazole rings is 1. The highest BCUT2D eigenvalue weighted by Gasteiger charge is 2.11. The second kappa shape index (κ2) is 13.3. The fourth-order valence-corrected chi connectivity index (χ4v) is 4.26. The number of para-hydroxylation sites is 2. The number of aryl methyl sites for hydroxylation is 1. The molecular weight excluding hydrogens is 418 g/mol. The van der Waals surface area contributed by atoms with Crippen LogP contribution in [0.25, 0.3) is 11.0 Å². The summed E-state index contributed by atoms with van der Waals surface area (Å²) in [5.74, 6) is 0.963. The van der Waals surface area contributed by atoms with Gasteiger partial charge in [0.25, 0.3) is 5.91 Å². The average molecular weight is 454 g/mol. The largest absolute Gasteiger partial charge is 0.352 e. The Labute approximate surface area is 197 Å². The van der Waals surface area contributed by atoms with Crippen LogP contribution in [0.3, 0.4) is 0 Å². The lowest BCUT2D eigenvalue weighted by Crippen LogP contribution is -2.26. The summed E-state index contributed by atoms with van der Waals surface area (Å²) in [6, 6.07) is 15.3. The van der Waals surface area contributed by atoms with Crippen LogP contribution in [0.1, 0.15) is 80.9 Å². The average Bonchev–Trinajstić information content (AvgIpc) is 3.15. The molecule has 4 nitrogen and oxygen atoms in total. The number of aromatic nitrogens is 2. The number of unbranched alkanes of at least 4 members (excludes halogenated alkanes) is 8. The van der Waals surface area contributed by atoms with Crippen LogP contribution >= 0.6 is 11.6 Å². The van der Waals surface area contributed by atoms with Crippen LogP contribution in [0.5, 0.6) is 0 Å². The zero-order valence-electron chi connectivity index (χ0n) is 19.3. The predicted molar refractivity (Wildman–Crippen MR) is 134 cm³/mol. The van der Waals surface area contributed by atoms with Gasteiger partial charge in [0.1, 0.15) is 5.82 Å². The topological polar surface area (TPSA) is 46.9 Å². The van der Waals surface area contributed by atoms with Crippen LogP contribution < -0.4 is 5.32 Å². The third-order valence-electron chi connectivity index (χ3n) is 5.96. The van der Waals surface area contributed by atoms with E-state index < -0.39 is 0 Å². The molecule has 0 spiro atoms. The molecule has 1 amide bonds. The van der Waals surface area contributed by atoms with E-state index in [1.54, 1.807) is 24.3 Å². The zero-order chi connectivity index (χ0) is 22.6. The SMILES string of the molecule is CCCCCCCCCCCn1c(CCNC(=O)c2ccc(Cl)cc2)nc2ccccc21. The quantitative estimate of drug-likeness (QED) is 0.262. The Hall–Kier alpha value is -2.33. The molecule has 1 heterocycles. The van der Waals surface area contributed by atoms with Gasteiger partial charge in [-0.2, -0.15) is 0 Å². The van der Waals surface area contributed by atoms with Crippen molar-refractivity contribution >= 4 is 28.5 Å². The molecule has 0 bridgehead atoms. The molecule has 1 N–H and O–H groups in total. The van der Waals surface area contributed by atoms with Crippen molar-refractivity contribution in [2.75, 3.05) is 6.54 Å². The maximum Gasteiger partial charge on any atom is 0.251 e. The van der Waals surface area contributed by atoms with Gasteiger partial charge in [-0.1, -0.05) is 82.0 Å². The lowest BCUT2D eigenvalue weighted by atomic mass is 10.1. The summed E-state index contributed by atoms with van der Waals surface area (Å²) in [6.45, 7) is 3.81. The van der Waals surface area contributed by atoms with E-state index in [0.29, 0.717) is 23.6 Å². The smallest absolute Gasteiger partial charge is 0.251 e. The van der Waals surface area contributed by atoms with E-state index in [2.05, 4.69) is 35.0 Å². The highest BCUT2D eigenvalue weighted by atomic mass is 35.5. The van der Waals surface area contributed by atoms with Crippen LogP contribution in [-0.4, -0.2) is 22.0 Å². The molecule has 0 aliphatic heterocycles. The molecule has 0 atom stereocenters. The molecule has 0 unspecified atom stereocenters. The molecule has 172 valence electrons. The van der Waals surface area contributed by atoms with E-state index >= 15 is 0 Å². The van der Waals surface area contributed by atoms with Crippen molar-refractivity contribution in [3.8, 4) is 0 Å². The predicted octanol–water partition coefficient (Wildman–Crippen LogP) is 7.19. The Morgan fingerprint density at radius 1 is 0.906 bits per heavy atom. The summed E-state index contributed by atoms with van der Waals surface area (Å²) in [5.41, 5.74) is 2.84. The number of nitrogens with zero attached hydrogens (tertiary/aromatic N) is 2. The Morgan fingerprint density at radius 2 is 1.56 bits per heavy atom. The highest BCUT2D eigenvalue weighted by Crippen LogP contribution is 2.18. The van der Waals surface area contributed by atoms with Gasteiger partial charge in [0, 0.05) is 30.1 Å². The number of rotatable bonds is 14. The second-order valence-corrected chi connectivity index (χ2v) is 8.95. The number of hydrogen-bond donors (Lipinski definition) is 1. The fraction of sp³-hybridized carbons (Fsp3) is 0.481. The van der Waals surface area contributed by atoms with Crippen molar-refractivity contribution in [1.29, 1.82) is 0 Å². The van der Waals surface area contributed by atoms with Gasteiger partial charge >= 0.3 is 0 Å². The van der Waals surface area contributed by atoms with E-state index in [9.17, 15) is 4.79 Å². The minimum absolute atomic E-state index is 0.0803. The number of amides is 1. The molecule has 0 aliphatic rings. The summed E-state index contributed by atoms with van der Waals surface area (Å²) in [4.78, 5) is 17.2. The van der Waals surface area contributed by atoms with Gasteiger partial charge in [0.05, 0.1) is 11.0 Å². The summed E-state index contributed by atoms with van der Waals surface area (Å²) in [5, 5.41) is 3.64. The van der Waals surface area contributed by atoms with Crippen molar-refractivity contribution in [2.45, 2.75) is 77.7 Å². The van der Waals surface area contributed by atoms with Crippen molar-refractivity contribution in [3.63, 3.8) is 0 Å². The van der Waals surface area contributed by atoms with E-state index in [0.717, 1.165) is 17.9 Å². The van der Waals surface area contributed by atoms with Gasteiger partial charge in [-0.15, -0.1) is 0 Å². The number of benzene rings is 2. The van der Waals surface area contributed by atoms with Crippen molar-refractivity contribution in [3.05, 3.63) is 64.9 Å². The van der Waals surface area contributed by atoms with Gasteiger partial charge in [0.15, 0.2) is 0 Å². The van der Waals surface area contributed by atoms with Crippen molar-refractivity contribution in [1.82, 2.24) is 14.9 Å². The van der Waals surface area contributed by atoms with Crippen LogP contribution in [0, 0.1) is 0 Å². The van der Waals surface area contributed by atoms with Gasteiger partial charge in [0.2, 0.25) is 0 Å². The van der Waals surface area contributed by atoms with Crippen molar-refractivity contribution in [2.24, 2.45) is 0 Å². The van der Waals surface area contributed by atoms with Crippen LogP contribution in [0.2, 0.25) is 5.02 Å². The molecule has 0 saturated heterocycles. The molecule has 3 aromatic rings. The first kappa shape index (κ1) is 24.3. The van der Waals surface area contributed by atoms with Crippen molar-refractivity contribution < 1.29 is 4.79 Å². The highest BCUT2D eigenvalue weighted by molar-refractivity contribution is 6.30. The molecule has 1 aromatic heterocycles. The molecule has 0 saturated carbocycles. The zero-order valence-corrected chi connectivity index (χ0v) is 20.0. The molecule has 5 heteroatoms. The lowest BCUT2D eigenvalue weighted by Gasteiger charge is -2.10. The van der Waals surface area contributed by atoms with E-state index in [1.165, 1.54) is 63.3 Å². The number of hydrogen-bond acceptors (Lipinski definition) is 2. The first-order valence-electron chi connectivity index (χ1n) is 12.2. The molecule has 32 heavy (non-hydrogen) atoms. The number of carbonyl (C=O) groups is 1. The molecule has 0 fully saturated rings. The third-order valence-corrected chi connectivity index (χ3v) is 6.21. The summed E-state index contributed by atoms with van der Waals surface area (Å²) in [6.07, 6.45) is 12.6. The van der Waals surface area contributed by atoms with Gasteiger partial charge in [-0.25, -0.2) is 4.98 Å². The number of carbonyl (C=O) groups excluding carboxylic acids is 1. The van der Waals surface area contributed by atoms with Gasteiger partial charge < -0.3 is 9.88 Å². The lowest BCUT2D eigenvalue weighted by molar-refractivity contribution is 0.0954. The van der Waals surface area contributed by atoms with E-state index in [-0.39, 0.29) is 5.91 Å². The maximum absolute atomic E-state index is 12.4. The summed E-state index contributed by atoms with van der Waals surface area (Å²) in [7, 11) is 0. The maximum atomic E-state index is 12.4. The minimum atomic E-state index is -0.0803. The Morgan fingerprint density at radius 3 is 2.28 bits per heavy atom. The molecule has 0 radical (unpaired) electrons. The Kier molecular flexibility index (Phi) is 10.1. The van der Waals surface area contributed by atoms with Crippen LogP contribution in [0.4, 0.5) is 0 Å². The first-order chi connectivity index (χ1) is 15.7. The van der Waals surface area contributed by atoms with E-state index in [1.807, 2.05) is 6.07 Å². The summed E-state index contributed by atoms with van der Waals surface area (Å²) >= 11 is 5.91. The third kappa shape index (κ3) is 7.37. The molecule has 3 rings (SSSR count). The standard InChI is InChI=1S/C27H36ClN3O/c1-2-3-4-5-6-7-8-9-12-21-31-25-14-11-10-13-24(25)30-26(31)19-20-29-27(32)22-15-17-23(28)18-16-22/h10-11,13-18H,2-9,12,19-21H2,1H3,(H,29,32). The second-order valence-electron chi connectivity index (χ2n) is 8.51. The number of nitrogens with one attached hydrogen (secondary N) is 1. The van der Waals surface area contributed by atoms with Gasteiger partial charge in [-0.3, -0.25) is 4.79 Å². The summed E-state index contributed by atoms with van der Waals surface area (Å²) < 4.78 is 2.34. The number of fused-ring (bicyclic) bond motifs is 1. The van der Waals surface area contributed by atoms with Crippen LogP contribution in [0.15, 0.2) is 48.5 Å². The normalized spacial score (nSPS) is 11.2. The molecule has 2 aromatic carbocycles. The van der Waals surface area contributed by atoms with E-state index in [4.69, 9.17) is 16.6 Å². The molecular formula is C27H36ClN3O. The first-order valence-corrected chi connectivity index (χ1v) is 12.5. The Balaban J connectivity index is 1.49. The van der Waals surface area contributed by atoms with Gasteiger partial charge in [-0.05, 0) is 42.8 Å².